The molecular weight excluding hydrogens is 270 g/mol. The van der Waals surface area contributed by atoms with Crippen molar-refractivity contribution in [3.05, 3.63) is 29.3 Å². The number of carboxylic acids is 1. The molecule has 1 aromatic carbocycles. The largest absolute Gasteiger partial charge is 0.478 e. The average Bonchev–Trinajstić information content (AvgIpc) is 2.38. The molecule has 7 heteroatoms. The number of aliphatic hydroxyl groups is 1. The number of nitrogens with one attached hydrogen (secondary N) is 1. The van der Waals surface area contributed by atoms with E-state index in [0.717, 1.165) is 6.07 Å². The average molecular weight is 287 g/mol. The van der Waals surface area contributed by atoms with Crippen molar-refractivity contribution in [2.45, 2.75) is 24.7 Å². The van der Waals surface area contributed by atoms with Crippen molar-refractivity contribution in [2.24, 2.45) is 0 Å². The van der Waals surface area contributed by atoms with E-state index in [1.54, 1.807) is 6.92 Å². The molecule has 0 saturated heterocycles. The highest BCUT2D eigenvalue weighted by Gasteiger charge is 2.17. The van der Waals surface area contributed by atoms with Crippen LogP contribution in [0.15, 0.2) is 23.1 Å². The summed E-state index contributed by atoms with van der Waals surface area (Å²) in [6.45, 7) is 1.80. The first-order valence-electron chi connectivity index (χ1n) is 5.89. The number of benzene rings is 1. The maximum absolute atomic E-state index is 11.9. The molecule has 0 atom stereocenters. The molecule has 0 fully saturated rings. The lowest BCUT2D eigenvalue weighted by Crippen LogP contribution is -2.25. The molecule has 1 aromatic rings. The molecule has 0 saturated carbocycles. The Morgan fingerprint density at radius 2 is 2.05 bits per heavy atom. The van der Waals surface area contributed by atoms with Crippen LogP contribution in [0.1, 0.15) is 29.3 Å². The molecule has 0 heterocycles. The van der Waals surface area contributed by atoms with Gasteiger partial charge in [0.25, 0.3) is 0 Å². The fraction of sp³-hybridized carbons (Fsp3) is 0.417. The highest BCUT2D eigenvalue weighted by atomic mass is 32.2. The molecule has 0 aliphatic carbocycles. The normalized spacial score (nSPS) is 11.5. The molecule has 0 bridgehead atoms. The molecular formula is C12H17NO5S. The van der Waals surface area contributed by atoms with Crippen molar-refractivity contribution in [1.82, 2.24) is 4.72 Å². The summed E-state index contributed by atoms with van der Waals surface area (Å²) in [6, 6.07) is 4.04. The van der Waals surface area contributed by atoms with E-state index in [4.69, 9.17) is 10.2 Å². The number of carbonyl (C=O) groups is 1. The van der Waals surface area contributed by atoms with E-state index in [2.05, 4.69) is 4.72 Å². The number of aromatic carboxylic acids is 1. The Morgan fingerprint density at radius 1 is 1.37 bits per heavy atom. The lowest BCUT2D eigenvalue weighted by atomic mass is 10.1. The second-order valence-corrected chi connectivity index (χ2v) is 5.72. The molecule has 0 unspecified atom stereocenters. The maximum Gasteiger partial charge on any atom is 0.336 e. The summed E-state index contributed by atoms with van der Waals surface area (Å²) in [5.74, 6) is -1.15. The van der Waals surface area contributed by atoms with Crippen molar-refractivity contribution >= 4 is 16.0 Å². The van der Waals surface area contributed by atoms with Gasteiger partial charge in [-0.15, -0.1) is 0 Å². The van der Waals surface area contributed by atoms with Crippen LogP contribution in [0, 0.1) is 0 Å². The molecule has 19 heavy (non-hydrogen) atoms. The monoisotopic (exact) mass is 287 g/mol. The van der Waals surface area contributed by atoms with Crippen molar-refractivity contribution in [3.63, 3.8) is 0 Å². The molecule has 0 aromatic heterocycles. The van der Waals surface area contributed by atoms with Gasteiger partial charge in [0.2, 0.25) is 10.0 Å². The van der Waals surface area contributed by atoms with Gasteiger partial charge in [0.05, 0.1) is 10.5 Å². The SMILES string of the molecule is CCc1ccc(S(=O)(=O)NCCCO)cc1C(=O)O. The summed E-state index contributed by atoms with van der Waals surface area (Å²) >= 11 is 0. The minimum Gasteiger partial charge on any atom is -0.478 e. The van der Waals surface area contributed by atoms with E-state index in [1.807, 2.05) is 0 Å². The number of carboxylic acid groups (broad SMARTS) is 1. The van der Waals surface area contributed by atoms with Crippen molar-refractivity contribution in [1.29, 1.82) is 0 Å². The highest BCUT2D eigenvalue weighted by molar-refractivity contribution is 7.89. The fourth-order valence-corrected chi connectivity index (χ4v) is 2.70. The quantitative estimate of drug-likeness (QED) is 0.637. The van der Waals surface area contributed by atoms with E-state index in [-0.39, 0.29) is 23.6 Å². The summed E-state index contributed by atoms with van der Waals surface area (Å²) < 4.78 is 26.1. The van der Waals surface area contributed by atoms with Gasteiger partial charge in [-0.2, -0.15) is 0 Å². The Hall–Kier alpha value is -1.44. The third kappa shape index (κ3) is 4.02. The molecule has 0 amide bonds. The van der Waals surface area contributed by atoms with Gasteiger partial charge in [-0.05, 0) is 30.5 Å². The third-order valence-electron chi connectivity index (χ3n) is 2.63. The Bertz CT molecular complexity index is 553. The zero-order valence-electron chi connectivity index (χ0n) is 10.6. The van der Waals surface area contributed by atoms with Crippen LogP contribution in [0.5, 0.6) is 0 Å². The molecule has 0 radical (unpaired) electrons. The molecule has 0 spiro atoms. The van der Waals surface area contributed by atoms with E-state index in [0.29, 0.717) is 18.4 Å². The summed E-state index contributed by atoms with van der Waals surface area (Å²) in [7, 11) is -3.74. The lowest BCUT2D eigenvalue weighted by Gasteiger charge is -2.09. The molecule has 1 rings (SSSR count). The van der Waals surface area contributed by atoms with E-state index in [9.17, 15) is 13.2 Å². The highest BCUT2D eigenvalue weighted by Crippen LogP contribution is 2.17. The fourth-order valence-electron chi connectivity index (χ4n) is 1.60. The van der Waals surface area contributed by atoms with Gasteiger partial charge in [-0.25, -0.2) is 17.9 Å². The van der Waals surface area contributed by atoms with Crippen LogP contribution in [0.25, 0.3) is 0 Å². The Balaban J connectivity index is 3.07. The number of hydrogen-bond donors (Lipinski definition) is 3. The number of aliphatic hydroxyl groups excluding tert-OH is 1. The first-order valence-corrected chi connectivity index (χ1v) is 7.37. The summed E-state index contributed by atoms with van der Waals surface area (Å²) in [5.41, 5.74) is 0.578. The van der Waals surface area contributed by atoms with Crippen LogP contribution in [0.3, 0.4) is 0 Å². The van der Waals surface area contributed by atoms with Crippen LogP contribution in [-0.2, 0) is 16.4 Å². The second kappa shape index (κ2) is 6.65. The molecule has 3 N–H and O–H groups in total. The molecule has 6 nitrogen and oxygen atoms in total. The van der Waals surface area contributed by atoms with Crippen molar-refractivity contribution in [2.75, 3.05) is 13.2 Å². The van der Waals surface area contributed by atoms with Gasteiger partial charge in [0.1, 0.15) is 0 Å². The van der Waals surface area contributed by atoms with E-state index in [1.165, 1.54) is 12.1 Å². The minimum atomic E-state index is -3.74. The zero-order chi connectivity index (χ0) is 14.5. The van der Waals surface area contributed by atoms with Crippen LogP contribution in [-0.4, -0.2) is 37.8 Å². The summed E-state index contributed by atoms with van der Waals surface area (Å²) in [5, 5.41) is 17.7. The van der Waals surface area contributed by atoms with Crippen LogP contribution < -0.4 is 4.72 Å². The number of sulfonamides is 1. The van der Waals surface area contributed by atoms with Crippen molar-refractivity contribution < 1.29 is 23.4 Å². The zero-order valence-corrected chi connectivity index (χ0v) is 11.4. The van der Waals surface area contributed by atoms with Crippen LogP contribution in [0.4, 0.5) is 0 Å². The summed E-state index contributed by atoms with van der Waals surface area (Å²) in [4.78, 5) is 11.0. The minimum absolute atomic E-state index is 0.00691. The standard InChI is InChI=1S/C12H17NO5S/c1-2-9-4-5-10(8-11(9)12(15)16)19(17,18)13-6-3-7-14/h4-5,8,13-14H,2-3,6-7H2,1H3,(H,15,16). The predicted molar refractivity (Wildman–Crippen MR) is 69.7 cm³/mol. The Morgan fingerprint density at radius 3 is 2.58 bits per heavy atom. The third-order valence-corrected chi connectivity index (χ3v) is 4.09. The van der Waals surface area contributed by atoms with E-state index >= 15 is 0 Å². The number of aryl methyl sites for hydroxylation is 1. The van der Waals surface area contributed by atoms with Gasteiger partial charge in [-0.1, -0.05) is 13.0 Å². The van der Waals surface area contributed by atoms with Crippen molar-refractivity contribution in [3.8, 4) is 0 Å². The van der Waals surface area contributed by atoms with Gasteiger partial charge in [0.15, 0.2) is 0 Å². The molecule has 0 aliphatic heterocycles. The Kier molecular flexibility index (Phi) is 5.46. The first-order chi connectivity index (χ1) is 8.92. The predicted octanol–water partition coefficient (Wildman–Crippen LogP) is 0.608. The lowest BCUT2D eigenvalue weighted by molar-refractivity contribution is 0.0695. The number of rotatable bonds is 7. The number of hydrogen-bond acceptors (Lipinski definition) is 4. The first kappa shape index (κ1) is 15.6. The van der Waals surface area contributed by atoms with Gasteiger partial charge < -0.3 is 10.2 Å². The maximum atomic E-state index is 11.9. The van der Waals surface area contributed by atoms with Crippen LogP contribution in [0.2, 0.25) is 0 Å². The molecule has 0 aliphatic rings. The molecule has 106 valence electrons. The van der Waals surface area contributed by atoms with Gasteiger partial charge in [-0.3, -0.25) is 0 Å². The van der Waals surface area contributed by atoms with E-state index < -0.39 is 16.0 Å². The second-order valence-electron chi connectivity index (χ2n) is 3.95. The topological polar surface area (TPSA) is 104 Å². The summed E-state index contributed by atoms with van der Waals surface area (Å²) in [6.07, 6.45) is 0.817. The van der Waals surface area contributed by atoms with Gasteiger partial charge in [0, 0.05) is 13.2 Å². The van der Waals surface area contributed by atoms with Gasteiger partial charge >= 0.3 is 5.97 Å². The van der Waals surface area contributed by atoms with Crippen LogP contribution >= 0.6 is 0 Å². The Labute approximate surface area is 112 Å². The smallest absolute Gasteiger partial charge is 0.336 e.